The molecule has 0 radical (unpaired) electrons. The number of ether oxygens (including phenoxy) is 2. The lowest BCUT2D eigenvalue weighted by Gasteiger charge is -2.19. The Morgan fingerprint density at radius 1 is 1.19 bits per heavy atom. The fraction of sp³-hybridized carbons (Fsp3) is 0.286. The summed E-state index contributed by atoms with van der Waals surface area (Å²) in [5.41, 5.74) is 2.35. The molecule has 0 fully saturated rings. The molecule has 1 aromatic rings. The van der Waals surface area contributed by atoms with Gasteiger partial charge in [0, 0.05) is 12.5 Å². The average Bonchev–Trinajstić information content (AvgIpc) is 2.85. The molecule has 4 rings (SSSR count). The minimum Gasteiger partial charge on any atom is -0.490 e. The second-order valence-corrected chi connectivity index (χ2v) is 4.84. The predicted molar refractivity (Wildman–Crippen MR) is 72.4 cm³/mol. The average molecular weight is 284 g/mol. The zero-order valence-electron chi connectivity index (χ0n) is 11.2. The molecule has 0 spiro atoms. The van der Waals surface area contributed by atoms with Crippen molar-refractivity contribution in [1.82, 2.24) is 20.2 Å². The van der Waals surface area contributed by atoms with E-state index in [1.165, 1.54) is 0 Å². The molecule has 1 aliphatic carbocycles. The van der Waals surface area contributed by atoms with Gasteiger partial charge in [-0.15, -0.1) is 5.10 Å². The number of carbonyl (C=O) groups is 1. The maximum absolute atomic E-state index is 11.2. The molecule has 0 saturated carbocycles. The summed E-state index contributed by atoms with van der Waals surface area (Å²) in [4.78, 5) is 11.2. The zero-order chi connectivity index (χ0) is 14.2. The van der Waals surface area contributed by atoms with E-state index < -0.39 is 0 Å². The van der Waals surface area contributed by atoms with Crippen LogP contribution in [0.2, 0.25) is 0 Å². The van der Waals surface area contributed by atoms with E-state index in [4.69, 9.17) is 9.47 Å². The summed E-state index contributed by atoms with van der Waals surface area (Å²) in [5.74, 6) is 1.97. The van der Waals surface area contributed by atoms with Crippen molar-refractivity contribution >= 4 is 17.6 Å². The first kappa shape index (κ1) is 12.1. The minimum absolute atomic E-state index is 0.445. The number of aromatic nitrogens is 4. The van der Waals surface area contributed by atoms with E-state index >= 15 is 0 Å². The van der Waals surface area contributed by atoms with Gasteiger partial charge < -0.3 is 9.47 Å². The Bertz CT molecular complexity index is 739. The van der Waals surface area contributed by atoms with Crippen molar-refractivity contribution in [3.8, 4) is 0 Å². The van der Waals surface area contributed by atoms with Crippen LogP contribution in [0.1, 0.15) is 18.7 Å². The first-order valence-electron chi connectivity index (χ1n) is 6.71. The van der Waals surface area contributed by atoms with Gasteiger partial charge in [0.1, 0.15) is 19.0 Å². The molecule has 106 valence electrons. The molecule has 21 heavy (non-hydrogen) atoms. The van der Waals surface area contributed by atoms with Crippen molar-refractivity contribution < 1.29 is 14.3 Å². The van der Waals surface area contributed by atoms with Crippen LogP contribution in [0.5, 0.6) is 0 Å². The number of hydrogen-bond acceptors (Lipinski definition) is 6. The number of nitrogens with zero attached hydrogens (tertiary/aromatic N) is 4. The third-order valence-corrected chi connectivity index (χ3v) is 3.65. The Hall–Kier alpha value is -2.70. The Morgan fingerprint density at radius 2 is 2.10 bits per heavy atom. The second-order valence-electron chi connectivity index (χ2n) is 4.84. The van der Waals surface area contributed by atoms with E-state index in [0.717, 1.165) is 23.3 Å². The number of carbonyl (C=O) groups excluding carboxylic acids is 1. The Labute approximate surface area is 120 Å². The van der Waals surface area contributed by atoms with Gasteiger partial charge in [-0.05, 0) is 22.4 Å². The molecule has 1 aromatic heterocycles. The number of hydrogen-bond donors (Lipinski definition) is 0. The second kappa shape index (κ2) is 4.69. The van der Waals surface area contributed by atoms with E-state index in [2.05, 4.69) is 21.6 Å². The van der Waals surface area contributed by atoms with E-state index in [9.17, 15) is 4.79 Å². The van der Waals surface area contributed by atoms with Crippen molar-refractivity contribution in [3.63, 3.8) is 0 Å². The molecule has 2 aliphatic heterocycles. The summed E-state index contributed by atoms with van der Waals surface area (Å²) in [6, 6.07) is 0. The highest BCUT2D eigenvalue weighted by Gasteiger charge is 2.25. The number of fused-ring (bicyclic) bond motifs is 3. The summed E-state index contributed by atoms with van der Waals surface area (Å²) >= 11 is 0. The zero-order valence-corrected chi connectivity index (χ0v) is 11.2. The van der Waals surface area contributed by atoms with Crippen molar-refractivity contribution in [3.05, 3.63) is 41.1 Å². The largest absolute Gasteiger partial charge is 0.490 e. The minimum atomic E-state index is 0.445. The number of tetrazole rings is 1. The topological polar surface area (TPSA) is 79.1 Å². The number of rotatable bonds is 1. The molecule has 0 aromatic carbocycles. The van der Waals surface area contributed by atoms with Gasteiger partial charge in [0.15, 0.2) is 17.9 Å². The van der Waals surface area contributed by atoms with Crippen molar-refractivity contribution in [2.24, 2.45) is 0 Å². The monoisotopic (exact) mass is 284 g/mol. The van der Waals surface area contributed by atoms with E-state index in [-0.39, 0.29) is 0 Å². The Kier molecular flexibility index (Phi) is 2.70. The Morgan fingerprint density at radius 3 is 3.00 bits per heavy atom. The van der Waals surface area contributed by atoms with Gasteiger partial charge in [-0.3, -0.25) is 4.79 Å². The SMILES string of the molecule is O=CC1=CCC2=CCC3=C(C=C2n2nnnc21)OCCO3. The van der Waals surface area contributed by atoms with Gasteiger partial charge in [0.25, 0.3) is 0 Å². The van der Waals surface area contributed by atoms with E-state index in [1.54, 1.807) is 4.68 Å². The smallest absolute Gasteiger partial charge is 0.190 e. The summed E-state index contributed by atoms with van der Waals surface area (Å²) in [6.45, 7) is 1.09. The first-order chi connectivity index (χ1) is 10.4. The van der Waals surface area contributed by atoms with Crippen LogP contribution in [0.4, 0.5) is 0 Å². The van der Waals surface area contributed by atoms with E-state index in [1.807, 2.05) is 12.2 Å². The van der Waals surface area contributed by atoms with Gasteiger partial charge >= 0.3 is 0 Å². The molecule has 0 unspecified atom stereocenters. The first-order valence-corrected chi connectivity index (χ1v) is 6.71. The third kappa shape index (κ3) is 1.89. The van der Waals surface area contributed by atoms with Gasteiger partial charge in [-0.2, -0.15) is 4.68 Å². The standard InChI is InChI=1S/C14H12N4O3/c19-8-10-2-1-9-3-4-12-13(21-6-5-20-12)7-11(9)18-14(10)15-16-17-18/h2-3,7-8H,1,4-6H2. The summed E-state index contributed by atoms with van der Waals surface area (Å²) in [6.07, 6.45) is 7.86. The summed E-state index contributed by atoms with van der Waals surface area (Å²) in [7, 11) is 0. The molecular weight excluding hydrogens is 272 g/mol. The Balaban J connectivity index is 1.90. The number of allylic oxidation sites excluding steroid dienone is 6. The summed E-state index contributed by atoms with van der Waals surface area (Å²) < 4.78 is 12.9. The lowest BCUT2D eigenvalue weighted by atomic mass is 10.1. The molecule has 0 atom stereocenters. The van der Waals surface area contributed by atoms with Gasteiger partial charge in [-0.25, -0.2) is 0 Å². The highest BCUT2D eigenvalue weighted by Crippen LogP contribution is 2.33. The van der Waals surface area contributed by atoms with Gasteiger partial charge in [-0.1, -0.05) is 12.2 Å². The fourth-order valence-electron chi connectivity index (χ4n) is 2.61. The third-order valence-electron chi connectivity index (χ3n) is 3.65. The van der Waals surface area contributed by atoms with Crippen LogP contribution >= 0.6 is 0 Å². The predicted octanol–water partition coefficient (Wildman–Crippen LogP) is 1.09. The van der Waals surface area contributed by atoms with Crippen molar-refractivity contribution in [2.45, 2.75) is 12.8 Å². The maximum Gasteiger partial charge on any atom is 0.190 e. The lowest BCUT2D eigenvalue weighted by Crippen LogP contribution is -2.13. The lowest BCUT2D eigenvalue weighted by molar-refractivity contribution is -0.103. The normalized spacial score (nSPS) is 20.3. The molecule has 0 N–H and O–H groups in total. The molecule has 0 amide bonds. The molecule has 0 bridgehead atoms. The van der Waals surface area contributed by atoms with Gasteiger partial charge in [0.05, 0.1) is 11.3 Å². The van der Waals surface area contributed by atoms with Crippen molar-refractivity contribution in [2.75, 3.05) is 13.2 Å². The van der Waals surface area contributed by atoms with E-state index in [0.29, 0.717) is 43.2 Å². The molecule has 3 heterocycles. The molecule has 7 nitrogen and oxygen atoms in total. The van der Waals surface area contributed by atoms with Crippen LogP contribution in [0, 0.1) is 0 Å². The molecular formula is C14H12N4O3. The van der Waals surface area contributed by atoms with Gasteiger partial charge in [0.2, 0.25) is 0 Å². The van der Waals surface area contributed by atoms with Crippen LogP contribution < -0.4 is 0 Å². The highest BCUT2D eigenvalue weighted by molar-refractivity contribution is 6.06. The van der Waals surface area contributed by atoms with Crippen LogP contribution in [0.25, 0.3) is 11.3 Å². The summed E-state index contributed by atoms with van der Waals surface area (Å²) in [5, 5.41) is 11.6. The highest BCUT2D eigenvalue weighted by atomic mass is 16.6. The molecule has 0 saturated heterocycles. The molecule has 3 aliphatic rings. The quantitative estimate of drug-likeness (QED) is 0.718. The molecule has 7 heteroatoms. The fourth-order valence-corrected chi connectivity index (χ4v) is 2.61. The van der Waals surface area contributed by atoms with Crippen LogP contribution in [0.3, 0.4) is 0 Å². The maximum atomic E-state index is 11.2. The number of aldehydes is 1. The van der Waals surface area contributed by atoms with Crippen LogP contribution in [0.15, 0.2) is 35.3 Å². The van der Waals surface area contributed by atoms with Crippen molar-refractivity contribution in [1.29, 1.82) is 0 Å². The van der Waals surface area contributed by atoms with Crippen LogP contribution in [-0.4, -0.2) is 39.7 Å². The van der Waals surface area contributed by atoms with Crippen LogP contribution in [-0.2, 0) is 14.3 Å².